The van der Waals surface area contributed by atoms with Crippen molar-refractivity contribution in [2.75, 3.05) is 26.8 Å². The molecular formula is C14H28N2O2. The van der Waals surface area contributed by atoms with E-state index in [0.29, 0.717) is 6.42 Å². The molecule has 4 heteroatoms. The van der Waals surface area contributed by atoms with Gasteiger partial charge in [-0.2, -0.15) is 0 Å². The first kappa shape index (κ1) is 15.4. The average Bonchev–Trinajstić information content (AvgIpc) is 2.33. The lowest BCUT2D eigenvalue weighted by Crippen LogP contribution is -2.35. The first-order valence-corrected chi connectivity index (χ1v) is 6.99. The first-order chi connectivity index (χ1) is 8.38. The highest BCUT2D eigenvalue weighted by Crippen LogP contribution is 2.18. The molecule has 1 rings (SSSR count). The molecule has 0 unspecified atom stereocenters. The topological polar surface area (TPSA) is 55.6 Å². The van der Waals surface area contributed by atoms with Gasteiger partial charge in [0.1, 0.15) is 0 Å². The molecule has 18 heavy (non-hydrogen) atoms. The van der Waals surface area contributed by atoms with Crippen molar-refractivity contribution in [1.29, 1.82) is 0 Å². The molecule has 0 radical (unpaired) electrons. The van der Waals surface area contributed by atoms with Crippen LogP contribution in [0.1, 0.15) is 46.0 Å². The van der Waals surface area contributed by atoms with Crippen LogP contribution in [0.25, 0.3) is 0 Å². The van der Waals surface area contributed by atoms with Crippen molar-refractivity contribution in [1.82, 2.24) is 4.90 Å². The van der Waals surface area contributed by atoms with Gasteiger partial charge in [0.2, 0.25) is 5.91 Å². The Kier molecular flexibility index (Phi) is 6.09. The van der Waals surface area contributed by atoms with E-state index in [2.05, 4.69) is 0 Å². The lowest BCUT2D eigenvalue weighted by atomic mass is 9.96. The highest BCUT2D eigenvalue weighted by Gasteiger charge is 2.18. The van der Waals surface area contributed by atoms with E-state index < -0.39 is 0 Å². The summed E-state index contributed by atoms with van der Waals surface area (Å²) in [6.45, 7) is 6.53. The first-order valence-electron chi connectivity index (χ1n) is 6.99. The Bertz CT molecular complexity index is 255. The predicted octanol–water partition coefficient (Wildman–Crippen LogP) is 1.78. The zero-order chi connectivity index (χ0) is 13.6. The zero-order valence-corrected chi connectivity index (χ0v) is 12.1. The van der Waals surface area contributed by atoms with Gasteiger partial charge in [0.05, 0.1) is 0 Å². The lowest BCUT2D eigenvalue weighted by molar-refractivity contribution is -0.130. The summed E-state index contributed by atoms with van der Waals surface area (Å²) < 4.78 is 5.34. The molecule has 1 fully saturated rings. The largest absolute Gasteiger partial charge is 0.381 e. The van der Waals surface area contributed by atoms with Gasteiger partial charge in [0, 0.05) is 38.8 Å². The van der Waals surface area contributed by atoms with E-state index in [0.717, 1.165) is 51.4 Å². The Morgan fingerprint density at radius 1 is 1.39 bits per heavy atom. The third-order valence-electron chi connectivity index (χ3n) is 3.62. The Morgan fingerprint density at radius 3 is 2.56 bits per heavy atom. The number of hydrogen-bond acceptors (Lipinski definition) is 3. The third kappa shape index (κ3) is 6.36. The Balaban J connectivity index is 2.18. The Labute approximate surface area is 111 Å². The minimum atomic E-state index is -0.253. The van der Waals surface area contributed by atoms with Gasteiger partial charge < -0.3 is 15.4 Å². The van der Waals surface area contributed by atoms with Crippen molar-refractivity contribution in [2.45, 2.75) is 51.5 Å². The smallest absolute Gasteiger partial charge is 0.222 e. The van der Waals surface area contributed by atoms with E-state index in [1.165, 1.54) is 0 Å². The number of amides is 1. The van der Waals surface area contributed by atoms with Crippen molar-refractivity contribution in [3.63, 3.8) is 0 Å². The number of nitrogens with zero attached hydrogens (tertiary/aromatic N) is 1. The van der Waals surface area contributed by atoms with Gasteiger partial charge in [-0.15, -0.1) is 0 Å². The van der Waals surface area contributed by atoms with E-state index in [1.807, 2.05) is 25.8 Å². The minimum Gasteiger partial charge on any atom is -0.381 e. The summed E-state index contributed by atoms with van der Waals surface area (Å²) in [7, 11) is 1.89. The molecule has 0 aromatic rings. The normalized spacial score (nSPS) is 17.8. The molecule has 0 atom stereocenters. The van der Waals surface area contributed by atoms with Crippen LogP contribution in [0.4, 0.5) is 0 Å². The van der Waals surface area contributed by atoms with E-state index in [4.69, 9.17) is 10.5 Å². The van der Waals surface area contributed by atoms with Crippen LogP contribution >= 0.6 is 0 Å². The van der Waals surface area contributed by atoms with Gasteiger partial charge >= 0.3 is 0 Å². The molecule has 1 heterocycles. The summed E-state index contributed by atoms with van der Waals surface area (Å²) in [6.07, 6.45) is 4.66. The fraction of sp³-hybridized carbons (Fsp3) is 0.929. The standard InChI is InChI=1S/C14H28N2O2/c1-14(2,15)8-4-13(17)16(3)9-5-12-6-10-18-11-7-12/h12H,4-11,15H2,1-3H3. The average molecular weight is 256 g/mol. The van der Waals surface area contributed by atoms with Gasteiger partial charge in [-0.1, -0.05) is 0 Å². The molecule has 0 spiro atoms. The summed E-state index contributed by atoms with van der Waals surface area (Å²) in [5.41, 5.74) is 5.64. The molecule has 0 bridgehead atoms. The van der Waals surface area contributed by atoms with Crippen molar-refractivity contribution in [3.8, 4) is 0 Å². The number of carbonyl (C=O) groups is 1. The van der Waals surface area contributed by atoms with Gasteiger partial charge in [-0.05, 0) is 45.4 Å². The predicted molar refractivity (Wildman–Crippen MR) is 73.3 cm³/mol. The summed E-state index contributed by atoms with van der Waals surface area (Å²) in [4.78, 5) is 13.8. The SMILES string of the molecule is CN(CCC1CCOCC1)C(=O)CCC(C)(C)N. The van der Waals surface area contributed by atoms with E-state index in [9.17, 15) is 4.79 Å². The third-order valence-corrected chi connectivity index (χ3v) is 3.62. The fourth-order valence-electron chi connectivity index (χ4n) is 2.16. The highest BCUT2D eigenvalue weighted by atomic mass is 16.5. The molecule has 1 amide bonds. The van der Waals surface area contributed by atoms with Crippen LogP contribution in [0.3, 0.4) is 0 Å². The monoisotopic (exact) mass is 256 g/mol. The zero-order valence-electron chi connectivity index (χ0n) is 12.1. The van der Waals surface area contributed by atoms with Crippen LogP contribution in [0.5, 0.6) is 0 Å². The van der Waals surface area contributed by atoms with E-state index >= 15 is 0 Å². The Morgan fingerprint density at radius 2 is 2.00 bits per heavy atom. The van der Waals surface area contributed by atoms with E-state index in [1.54, 1.807) is 0 Å². The number of rotatable bonds is 6. The summed E-state index contributed by atoms with van der Waals surface area (Å²) in [6, 6.07) is 0. The summed E-state index contributed by atoms with van der Waals surface area (Å²) in [5.74, 6) is 0.931. The molecule has 0 saturated carbocycles. The van der Waals surface area contributed by atoms with Crippen molar-refractivity contribution in [3.05, 3.63) is 0 Å². The minimum absolute atomic E-state index is 0.209. The molecule has 2 N–H and O–H groups in total. The molecule has 1 aliphatic heterocycles. The van der Waals surface area contributed by atoms with Gasteiger partial charge in [0.25, 0.3) is 0 Å². The van der Waals surface area contributed by atoms with Crippen LogP contribution in [0, 0.1) is 5.92 Å². The van der Waals surface area contributed by atoms with Gasteiger partial charge in [0.15, 0.2) is 0 Å². The van der Waals surface area contributed by atoms with Gasteiger partial charge in [-0.3, -0.25) is 4.79 Å². The molecule has 106 valence electrons. The molecule has 1 aliphatic rings. The number of ether oxygens (including phenoxy) is 1. The molecule has 0 aromatic heterocycles. The molecular weight excluding hydrogens is 228 g/mol. The second-order valence-corrected chi connectivity index (χ2v) is 6.15. The fourth-order valence-corrected chi connectivity index (χ4v) is 2.16. The maximum absolute atomic E-state index is 11.9. The van der Waals surface area contributed by atoms with Crippen LogP contribution in [0.2, 0.25) is 0 Å². The summed E-state index contributed by atoms with van der Waals surface area (Å²) >= 11 is 0. The summed E-state index contributed by atoms with van der Waals surface area (Å²) in [5, 5.41) is 0. The molecule has 1 saturated heterocycles. The lowest BCUT2D eigenvalue weighted by Gasteiger charge is -2.25. The number of hydrogen-bond donors (Lipinski definition) is 1. The molecule has 0 aliphatic carbocycles. The van der Waals surface area contributed by atoms with Crippen LogP contribution in [-0.4, -0.2) is 43.2 Å². The Hall–Kier alpha value is -0.610. The van der Waals surface area contributed by atoms with Crippen molar-refractivity contribution < 1.29 is 9.53 Å². The maximum Gasteiger partial charge on any atom is 0.222 e. The van der Waals surface area contributed by atoms with Crippen LogP contribution in [0.15, 0.2) is 0 Å². The quantitative estimate of drug-likeness (QED) is 0.788. The van der Waals surface area contributed by atoms with Crippen LogP contribution < -0.4 is 5.73 Å². The second-order valence-electron chi connectivity index (χ2n) is 6.15. The van der Waals surface area contributed by atoms with Crippen molar-refractivity contribution >= 4 is 5.91 Å². The number of nitrogens with two attached hydrogens (primary N) is 1. The second kappa shape index (κ2) is 7.10. The van der Waals surface area contributed by atoms with Crippen molar-refractivity contribution in [2.24, 2.45) is 11.7 Å². The van der Waals surface area contributed by atoms with E-state index in [-0.39, 0.29) is 11.4 Å². The number of carbonyl (C=O) groups excluding carboxylic acids is 1. The van der Waals surface area contributed by atoms with Gasteiger partial charge in [-0.25, -0.2) is 0 Å². The maximum atomic E-state index is 11.9. The molecule has 4 nitrogen and oxygen atoms in total. The molecule has 0 aromatic carbocycles. The van der Waals surface area contributed by atoms with Crippen LogP contribution in [-0.2, 0) is 9.53 Å². The highest BCUT2D eigenvalue weighted by molar-refractivity contribution is 5.75.